The number of anilines is 2. The summed E-state index contributed by atoms with van der Waals surface area (Å²) >= 11 is 11.8. The van der Waals surface area contributed by atoms with Gasteiger partial charge in [-0.15, -0.1) is 0 Å². The van der Waals surface area contributed by atoms with E-state index in [1.807, 2.05) is 24.3 Å². The molecule has 2 rings (SSSR count). The van der Waals surface area contributed by atoms with Crippen LogP contribution in [-0.4, -0.2) is 19.1 Å². The summed E-state index contributed by atoms with van der Waals surface area (Å²) in [6, 6.07) is 12.6. The zero-order valence-electron chi connectivity index (χ0n) is 14.9. The second-order valence-corrected chi connectivity index (χ2v) is 6.78. The first-order valence-corrected chi connectivity index (χ1v) is 9.55. The van der Waals surface area contributed by atoms with Gasteiger partial charge >= 0.3 is 0 Å². The summed E-state index contributed by atoms with van der Waals surface area (Å²) in [5.74, 6) is 0.630. The molecule has 0 unspecified atom stereocenters. The van der Waals surface area contributed by atoms with Crippen molar-refractivity contribution in [3.05, 3.63) is 52.5 Å². The molecule has 0 aliphatic carbocycles. The number of hydrogen-bond donors (Lipinski definition) is 2. The lowest BCUT2D eigenvalue weighted by Crippen LogP contribution is -2.21. The predicted octanol–water partition coefficient (Wildman–Crippen LogP) is 6.00. The van der Waals surface area contributed by atoms with Crippen LogP contribution in [0.3, 0.4) is 0 Å². The molecule has 0 aromatic heterocycles. The number of rotatable bonds is 10. The molecule has 6 heteroatoms. The van der Waals surface area contributed by atoms with Crippen LogP contribution in [0.15, 0.2) is 42.5 Å². The average Bonchev–Trinajstić information content (AvgIpc) is 2.63. The lowest BCUT2D eigenvalue weighted by Gasteiger charge is -2.10. The lowest BCUT2D eigenvalue weighted by atomic mass is 10.2. The molecule has 2 aromatic carbocycles. The van der Waals surface area contributed by atoms with Crippen LogP contribution in [0.5, 0.6) is 5.75 Å². The molecule has 26 heavy (non-hydrogen) atoms. The second kappa shape index (κ2) is 10.9. The highest BCUT2D eigenvalue weighted by molar-refractivity contribution is 6.42. The fourth-order valence-corrected chi connectivity index (χ4v) is 2.67. The van der Waals surface area contributed by atoms with Gasteiger partial charge in [-0.2, -0.15) is 0 Å². The maximum atomic E-state index is 12.1. The van der Waals surface area contributed by atoms with E-state index in [2.05, 4.69) is 17.6 Å². The van der Waals surface area contributed by atoms with Crippen LogP contribution < -0.4 is 15.4 Å². The van der Waals surface area contributed by atoms with Crippen LogP contribution in [0.2, 0.25) is 10.0 Å². The summed E-state index contributed by atoms with van der Waals surface area (Å²) in [6.45, 7) is 3.04. The van der Waals surface area contributed by atoms with Crippen molar-refractivity contribution in [3.8, 4) is 5.75 Å². The Labute approximate surface area is 164 Å². The first-order valence-electron chi connectivity index (χ1n) is 8.80. The molecular weight excluding hydrogens is 371 g/mol. The molecule has 0 heterocycles. The summed E-state index contributed by atoms with van der Waals surface area (Å²) < 4.78 is 5.75. The molecule has 2 N–H and O–H groups in total. The quantitative estimate of drug-likeness (QED) is 0.485. The number of halogens is 2. The zero-order valence-corrected chi connectivity index (χ0v) is 16.4. The van der Waals surface area contributed by atoms with Crippen molar-refractivity contribution in [3.63, 3.8) is 0 Å². The van der Waals surface area contributed by atoms with E-state index >= 15 is 0 Å². The number of carbonyl (C=O) groups is 1. The van der Waals surface area contributed by atoms with E-state index in [1.54, 1.807) is 18.2 Å². The molecule has 0 aliphatic rings. The van der Waals surface area contributed by atoms with Crippen molar-refractivity contribution >= 4 is 40.5 Å². The molecule has 0 fully saturated rings. The third-order valence-corrected chi connectivity index (χ3v) is 4.50. The highest BCUT2D eigenvalue weighted by Gasteiger charge is 2.05. The minimum atomic E-state index is -0.172. The van der Waals surface area contributed by atoms with Gasteiger partial charge in [-0.3, -0.25) is 4.79 Å². The zero-order chi connectivity index (χ0) is 18.8. The third-order valence-electron chi connectivity index (χ3n) is 3.76. The van der Waals surface area contributed by atoms with Gasteiger partial charge < -0.3 is 15.4 Å². The third kappa shape index (κ3) is 7.14. The Bertz CT molecular complexity index is 723. The Morgan fingerprint density at radius 3 is 2.62 bits per heavy atom. The SMILES string of the molecule is CCCCCCOc1cccc(NCC(=O)Nc2ccc(Cl)c(Cl)c2)c1. The molecule has 0 atom stereocenters. The molecule has 1 amide bonds. The van der Waals surface area contributed by atoms with E-state index in [-0.39, 0.29) is 12.5 Å². The van der Waals surface area contributed by atoms with Gasteiger partial charge in [0, 0.05) is 17.4 Å². The van der Waals surface area contributed by atoms with Crippen LogP contribution in [0, 0.1) is 0 Å². The van der Waals surface area contributed by atoms with Crippen molar-refractivity contribution in [2.75, 3.05) is 23.8 Å². The van der Waals surface area contributed by atoms with E-state index in [4.69, 9.17) is 27.9 Å². The van der Waals surface area contributed by atoms with E-state index in [9.17, 15) is 4.79 Å². The first kappa shape index (κ1) is 20.4. The monoisotopic (exact) mass is 394 g/mol. The normalized spacial score (nSPS) is 10.4. The Morgan fingerprint density at radius 2 is 1.85 bits per heavy atom. The largest absolute Gasteiger partial charge is 0.494 e. The highest BCUT2D eigenvalue weighted by Crippen LogP contribution is 2.25. The van der Waals surface area contributed by atoms with E-state index in [0.29, 0.717) is 22.3 Å². The lowest BCUT2D eigenvalue weighted by molar-refractivity contribution is -0.114. The number of unbranched alkanes of at least 4 members (excludes halogenated alkanes) is 3. The number of carbonyl (C=O) groups excluding carboxylic acids is 1. The molecule has 0 radical (unpaired) electrons. The van der Waals surface area contributed by atoms with Crippen molar-refractivity contribution in [1.29, 1.82) is 0 Å². The van der Waals surface area contributed by atoms with Crippen molar-refractivity contribution in [2.45, 2.75) is 32.6 Å². The molecule has 0 spiro atoms. The molecular formula is C20H24Cl2N2O2. The molecule has 0 bridgehead atoms. The maximum Gasteiger partial charge on any atom is 0.243 e. The first-order chi connectivity index (χ1) is 12.6. The minimum Gasteiger partial charge on any atom is -0.494 e. The smallest absolute Gasteiger partial charge is 0.243 e. The maximum absolute atomic E-state index is 12.1. The fourth-order valence-electron chi connectivity index (χ4n) is 2.38. The van der Waals surface area contributed by atoms with Gasteiger partial charge in [0.15, 0.2) is 0 Å². The fraction of sp³-hybridized carbons (Fsp3) is 0.350. The molecule has 140 valence electrons. The van der Waals surface area contributed by atoms with Crippen LogP contribution in [0.1, 0.15) is 32.6 Å². The van der Waals surface area contributed by atoms with Crippen LogP contribution in [-0.2, 0) is 4.79 Å². The Morgan fingerprint density at radius 1 is 1.00 bits per heavy atom. The topological polar surface area (TPSA) is 50.4 Å². The van der Waals surface area contributed by atoms with Gasteiger partial charge in [-0.25, -0.2) is 0 Å². The summed E-state index contributed by atoms with van der Waals surface area (Å²) in [5.41, 5.74) is 1.44. The summed E-state index contributed by atoms with van der Waals surface area (Å²) in [7, 11) is 0. The molecule has 0 saturated heterocycles. The van der Waals surface area contributed by atoms with Gasteiger partial charge in [-0.1, -0.05) is 55.5 Å². The number of nitrogens with one attached hydrogen (secondary N) is 2. The van der Waals surface area contributed by atoms with Gasteiger partial charge in [0.1, 0.15) is 5.75 Å². The van der Waals surface area contributed by atoms with Crippen LogP contribution in [0.4, 0.5) is 11.4 Å². The molecule has 0 aliphatic heterocycles. The predicted molar refractivity (Wildman–Crippen MR) is 110 cm³/mol. The molecule has 2 aromatic rings. The van der Waals surface area contributed by atoms with E-state index in [1.165, 1.54) is 19.3 Å². The van der Waals surface area contributed by atoms with Crippen LogP contribution in [0.25, 0.3) is 0 Å². The van der Waals surface area contributed by atoms with Gasteiger partial charge in [-0.05, 0) is 36.8 Å². The standard InChI is InChI=1S/C20H24Cl2N2O2/c1-2-3-4-5-11-26-17-8-6-7-15(12-17)23-14-20(25)24-16-9-10-18(21)19(22)13-16/h6-10,12-13,23H,2-5,11,14H2,1H3,(H,24,25). The number of hydrogen-bond acceptors (Lipinski definition) is 3. The van der Waals surface area contributed by atoms with Gasteiger partial charge in [0.2, 0.25) is 5.91 Å². The van der Waals surface area contributed by atoms with Gasteiger partial charge in [0.05, 0.1) is 23.2 Å². The Balaban J connectivity index is 1.78. The summed E-state index contributed by atoms with van der Waals surface area (Å²) in [4.78, 5) is 12.1. The van der Waals surface area contributed by atoms with Gasteiger partial charge in [0.25, 0.3) is 0 Å². The van der Waals surface area contributed by atoms with E-state index < -0.39 is 0 Å². The Hall–Kier alpha value is -1.91. The molecule has 0 saturated carbocycles. The minimum absolute atomic E-state index is 0.139. The number of ether oxygens (including phenoxy) is 1. The average molecular weight is 395 g/mol. The van der Waals surface area contributed by atoms with Crippen molar-refractivity contribution in [1.82, 2.24) is 0 Å². The second-order valence-electron chi connectivity index (χ2n) is 5.97. The Kier molecular flexibility index (Phi) is 8.59. The number of amides is 1. The van der Waals surface area contributed by atoms with E-state index in [0.717, 1.165) is 17.9 Å². The molecule has 4 nitrogen and oxygen atoms in total. The summed E-state index contributed by atoms with van der Waals surface area (Å²) in [5, 5.41) is 6.72. The van der Waals surface area contributed by atoms with Crippen LogP contribution >= 0.6 is 23.2 Å². The van der Waals surface area contributed by atoms with Crippen molar-refractivity contribution < 1.29 is 9.53 Å². The summed E-state index contributed by atoms with van der Waals surface area (Å²) in [6.07, 6.45) is 4.68. The van der Waals surface area contributed by atoms with Crippen molar-refractivity contribution in [2.24, 2.45) is 0 Å². The number of benzene rings is 2. The highest BCUT2D eigenvalue weighted by atomic mass is 35.5.